The number of likely N-dealkylation sites (tertiary alicyclic amines) is 1. The second-order valence-corrected chi connectivity index (χ2v) is 6.13. The third-order valence-electron chi connectivity index (χ3n) is 4.66. The van der Waals surface area contributed by atoms with E-state index in [1.165, 1.54) is 6.07 Å². The Kier molecular flexibility index (Phi) is 4.34. The summed E-state index contributed by atoms with van der Waals surface area (Å²) in [6.45, 7) is 2.52. The normalized spacial score (nSPS) is 25.8. The van der Waals surface area contributed by atoms with Crippen LogP contribution < -0.4 is 4.74 Å². The van der Waals surface area contributed by atoms with Gasteiger partial charge in [-0.2, -0.15) is 0 Å². The number of carbonyl (C=O) groups is 1. The van der Waals surface area contributed by atoms with Gasteiger partial charge in [-0.1, -0.05) is 31.9 Å². The van der Waals surface area contributed by atoms with Crippen molar-refractivity contribution >= 4 is 5.91 Å². The molecule has 5 heteroatoms. The number of halogens is 1. The Hall–Kier alpha value is -1.62. The monoisotopic (exact) mass is 307 g/mol. The molecule has 22 heavy (non-hydrogen) atoms. The lowest BCUT2D eigenvalue weighted by molar-refractivity contribution is -0.132. The maximum atomic E-state index is 13.9. The summed E-state index contributed by atoms with van der Waals surface area (Å²) < 4.78 is 19.7. The van der Waals surface area contributed by atoms with Gasteiger partial charge >= 0.3 is 0 Å². The summed E-state index contributed by atoms with van der Waals surface area (Å²) in [6, 6.07) is 4.56. The molecule has 3 atom stereocenters. The van der Waals surface area contributed by atoms with Crippen molar-refractivity contribution in [2.24, 2.45) is 5.92 Å². The van der Waals surface area contributed by atoms with E-state index in [0.29, 0.717) is 13.0 Å². The van der Waals surface area contributed by atoms with Crippen LogP contribution >= 0.6 is 0 Å². The number of hydrogen-bond acceptors (Lipinski definition) is 3. The molecule has 0 radical (unpaired) electrons. The highest BCUT2D eigenvalue weighted by molar-refractivity contribution is 5.77. The number of para-hydroxylation sites is 1. The molecule has 3 rings (SSSR count). The Labute approximate surface area is 129 Å². The molecule has 0 aliphatic carbocycles. The van der Waals surface area contributed by atoms with Crippen molar-refractivity contribution in [2.45, 2.75) is 44.8 Å². The molecule has 0 spiro atoms. The van der Waals surface area contributed by atoms with Gasteiger partial charge in [-0.3, -0.25) is 4.79 Å². The van der Waals surface area contributed by atoms with Crippen LogP contribution in [0, 0.1) is 11.7 Å². The van der Waals surface area contributed by atoms with Crippen LogP contribution in [0.2, 0.25) is 0 Å². The third kappa shape index (κ3) is 2.47. The van der Waals surface area contributed by atoms with Gasteiger partial charge in [0, 0.05) is 24.4 Å². The fourth-order valence-corrected chi connectivity index (χ4v) is 3.52. The van der Waals surface area contributed by atoms with Gasteiger partial charge in [0.2, 0.25) is 5.91 Å². The number of carbonyl (C=O) groups excluding carboxylic acids is 1. The van der Waals surface area contributed by atoms with E-state index >= 15 is 0 Å². The number of rotatable bonds is 5. The van der Waals surface area contributed by atoms with Crippen molar-refractivity contribution < 1.29 is 19.0 Å². The van der Waals surface area contributed by atoms with Crippen LogP contribution in [-0.2, 0) is 4.79 Å². The zero-order valence-corrected chi connectivity index (χ0v) is 12.8. The molecule has 120 valence electrons. The lowest BCUT2D eigenvalue weighted by Gasteiger charge is -2.23. The summed E-state index contributed by atoms with van der Waals surface area (Å²) in [4.78, 5) is 14.3. The lowest BCUT2D eigenvalue weighted by atomic mass is 9.99. The predicted molar refractivity (Wildman–Crippen MR) is 80.0 cm³/mol. The lowest BCUT2D eigenvalue weighted by Crippen LogP contribution is -2.31. The van der Waals surface area contributed by atoms with Crippen LogP contribution in [-0.4, -0.2) is 35.2 Å². The molecule has 0 bridgehead atoms. The fraction of sp³-hybridized carbons (Fsp3) is 0.588. The molecule has 0 aromatic heterocycles. The van der Waals surface area contributed by atoms with Gasteiger partial charge in [0.15, 0.2) is 11.6 Å². The molecule has 1 aromatic rings. The van der Waals surface area contributed by atoms with Crippen LogP contribution in [0.1, 0.15) is 44.2 Å². The fourth-order valence-electron chi connectivity index (χ4n) is 3.52. The second kappa shape index (κ2) is 6.24. The van der Waals surface area contributed by atoms with E-state index < -0.39 is 5.82 Å². The van der Waals surface area contributed by atoms with E-state index in [4.69, 9.17) is 4.74 Å². The number of ether oxygens (including phenoxy) is 1. The third-order valence-corrected chi connectivity index (χ3v) is 4.66. The van der Waals surface area contributed by atoms with Crippen molar-refractivity contribution in [2.75, 3.05) is 13.2 Å². The molecule has 2 aliphatic rings. The summed E-state index contributed by atoms with van der Waals surface area (Å²) in [7, 11) is 0. The zero-order valence-electron chi connectivity index (χ0n) is 12.8. The molecule has 1 saturated heterocycles. The first-order valence-electron chi connectivity index (χ1n) is 8.02. The highest BCUT2D eigenvalue weighted by Crippen LogP contribution is 2.48. The van der Waals surface area contributed by atoms with Gasteiger partial charge in [-0.15, -0.1) is 0 Å². The summed E-state index contributed by atoms with van der Waals surface area (Å²) in [5.41, 5.74) is 0.727. The summed E-state index contributed by atoms with van der Waals surface area (Å²) >= 11 is 0. The molecule has 1 amide bonds. The maximum Gasteiger partial charge on any atom is 0.223 e. The van der Waals surface area contributed by atoms with Gasteiger partial charge in [-0.25, -0.2) is 4.39 Å². The van der Waals surface area contributed by atoms with E-state index in [-0.39, 0.29) is 36.3 Å². The molecular weight excluding hydrogens is 285 g/mol. The predicted octanol–water partition coefficient (Wildman–Crippen LogP) is 2.66. The number of unbranched alkanes of at least 4 members (excludes halogenated alkanes) is 2. The number of aliphatic hydroxyl groups excluding tert-OH is 1. The quantitative estimate of drug-likeness (QED) is 0.851. The Bertz CT molecular complexity index is 563. The van der Waals surface area contributed by atoms with Gasteiger partial charge in [0.05, 0.1) is 12.6 Å². The Morgan fingerprint density at radius 2 is 2.27 bits per heavy atom. The average molecular weight is 307 g/mol. The van der Waals surface area contributed by atoms with Crippen molar-refractivity contribution in [3.05, 3.63) is 29.6 Å². The summed E-state index contributed by atoms with van der Waals surface area (Å²) in [5, 5.41) is 9.56. The van der Waals surface area contributed by atoms with E-state index in [0.717, 1.165) is 24.8 Å². The van der Waals surface area contributed by atoms with Crippen LogP contribution in [0.4, 0.5) is 4.39 Å². The van der Waals surface area contributed by atoms with Gasteiger partial charge < -0.3 is 14.7 Å². The molecular formula is C17H22FNO3. The SMILES string of the molecule is CCCCCC(=O)N1C[C@@H](CO)[C@@H]2Oc3c(F)cccc3[C@@H]21. The highest BCUT2D eigenvalue weighted by Gasteiger charge is 2.51. The largest absolute Gasteiger partial charge is 0.484 e. The number of fused-ring (bicyclic) bond motifs is 3. The van der Waals surface area contributed by atoms with Crippen molar-refractivity contribution in [3.8, 4) is 5.75 Å². The molecule has 1 aromatic carbocycles. The van der Waals surface area contributed by atoms with Crippen LogP contribution in [0.3, 0.4) is 0 Å². The minimum absolute atomic E-state index is 0.0600. The van der Waals surface area contributed by atoms with Gasteiger partial charge in [0.25, 0.3) is 0 Å². The van der Waals surface area contributed by atoms with Crippen molar-refractivity contribution in [3.63, 3.8) is 0 Å². The number of amides is 1. The topological polar surface area (TPSA) is 49.8 Å². The first-order chi connectivity index (χ1) is 10.7. The standard InChI is InChI=1S/C17H22FNO3/c1-2-3-4-8-14(21)19-9-11(10-20)16-15(19)12-6-5-7-13(18)17(12)22-16/h5-7,11,15-16,20H,2-4,8-10H2,1H3/t11-,15-,16-/m0/s1. The summed E-state index contributed by atoms with van der Waals surface area (Å²) in [5.74, 6) is -0.254. The van der Waals surface area contributed by atoms with Crippen molar-refractivity contribution in [1.29, 1.82) is 0 Å². The first kappa shape index (κ1) is 15.3. The van der Waals surface area contributed by atoms with E-state index in [1.807, 2.05) is 6.07 Å². The van der Waals surface area contributed by atoms with Gasteiger partial charge in [0.1, 0.15) is 6.10 Å². The number of benzene rings is 1. The minimum atomic E-state index is -0.401. The van der Waals surface area contributed by atoms with Crippen LogP contribution in [0.15, 0.2) is 18.2 Å². The Morgan fingerprint density at radius 1 is 1.45 bits per heavy atom. The molecule has 1 fully saturated rings. The summed E-state index contributed by atoms with van der Waals surface area (Å²) in [6.07, 6.45) is 3.12. The minimum Gasteiger partial charge on any atom is -0.484 e. The Balaban J connectivity index is 1.84. The second-order valence-electron chi connectivity index (χ2n) is 6.13. The van der Waals surface area contributed by atoms with Crippen molar-refractivity contribution in [1.82, 2.24) is 4.90 Å². The Morgan fingerprint density at radius 3 is 3.00 bits per heavy atom. The molecule has 0 saturated carbocycles. The smallest absolute Gasteiger partial charge is 0.223 e. The van der Waals surface area contributed by atoms with E-state index in [9.17, 15) is 14.3 Å². The number of aliphatic hydroxyl groups is 1. The molecule has 1 N–H and O–H groups in total. The molecule has 2 aliphatic heterocycles. The van der Waals surface area contributed by atoms with E-state index in [2.05, 4.69) is 6.92 Å². The average Bonchev–Trinajstić information content (AvgIpc) is 3.05. The van der Waals surface area contributed by atoms with Crippen LogP contribution in [0.25, 0.3) is 0 Å². The first-order valence-corrected chi connectivity index (χ1v) is 8.02. The maximum absolute atomic E-state index is 13.9. The zero-order chi connectivity index (χ0) is 15.7. The van der Waals surface area contributed by atoms with Gasteiger partial charge in [-0.05, 0) is 12.5 Å². The number of hydrogen-bond donors (Lipinski definition) is 1. The molecule has 0 unspecified atom stereocenters. The van der Waals surface area contributed by atoms with Crippen LogP contribution in [0.5, 0.6) is 5.75 Å². The number of nitrogens with zero attached hydrogens (tertiary/aromatic N) is 1. The molecule has 2 heterocycles. The van der Waals surface area contributed by atoms with E-state index in [1.54, 1.807) is 11.0 Å². The molecule has 4 nitrogen and oxygen atoms in total. The highest BCUT2D eigenvalue weighted by atomic mass is 19.1.